The van der Waals surface area contributed by atoms with Gasteiger partial charge in [-0.3, -0.25) is 9.67 Å². The zero-order valence-corrected chi connectivity index (χ0v) is 13.9. The zero-order valence-electron chi connectivity index (χ0n) is 13.9. The average molecular weight is 293 g/mol. The SMILES string of the molecule is CN=C(NCc1ccnn1C)NC1CC(C)(OC)C1(C)C. The third kappa shape index (κ3) is 2.77. The molecule has 2 N–H and O–H groups in total. The van der Waals surface area contributed by atoms with Crippen LogP contribution in [0.2, 0.25) is 0 Å². The molecule has 0 aromatic carbocycles. The molecule has 1 aromatic rings. The van der Waals surface area contributed by atoms with Crippen LogP contribution in [0.5, 0.6) is 0 Å². The highest BCUT2D eigenvalue weighted by Crippen LogP contribution is 2.51. The smallest absolute Gasteiger partial charge is 0.191 e. The lowest BCUT2D eigenvalue weighted by atomic mass is 9.56. The van der Waals surface area contributed by atoms with E-state index in [0.717, 1.165) is 18.1 Å². The molecule has 118 valence electrons. The molecular weight excluding hydrogens is 266 g/mol. The van der Waals surface area contributed by atoms with Crippen molar-refractivity contribution in [2.45, 2.75) is 45.4 Å². The quantitative estimate of drug-likeness (QED) is 0.648. The Hall–Kier alpha value is -1.56. The maximum atomic E-state index is 5.66. The molecule has 0 radical (unpaired) electrons. The molecule has 0 spiro atoms. The lowest BCUT2D eigenvalue weighted by Crippen LogP contribution is -2.69. The van der Waals surface area contributed by atoms with Gasteiger partial charge in [-0.05, 0) is 19.4 Å². The molecule has 21 heavy (non-hydrogen) atoms. The van der Waals surface area contributed by atoms with Crippen LogP contribution >= 0.6 is 0 Å². The molecular formula is C15H27N5O. The van der Waals surface area contributed by atoms with Crippen LogP contribution in [-0.2, 0) is 18.3 Å². The second-order valence-electron chi connectivity index (χ2n) is 6.43. The molecule has 6 nitrogen and oxygen atoms in total. The standard InChI is InChI=1S/C15H27N5O/c1-14(2)12(9-15(14,3)21-6)19-13(16-4)17-10-11-7-8-18-20(11)5/h7-8,12H,9-10H2,1-6H3,(H2,16,17,19). The van der Waals surface area contributed by atoms with Crippen molar-refractivity contribution in [2.24, 2.45) is 17.5 Å². The van der Waals surface area contributed by atoms with Crippen molar-refractivity contribution < 1.29 is 4.74 Å². The van der Waals surface area contributed by atoms with Crippen molar-refractivity contribution in [2.75, 3.05) is 14.2 Å². The number of nitrogens with zero attached hydrogens (tertiary/aromatic N) is 3. The number of aryl methyl sites for hydroxylation is 1. The molecule has 0 saturated heterocycles. The van der Waals surface area contributed by atoms with Gasteiger partial charge in [0.1, 0.15) is 0 Å². The van der Waals surface area contributed by atoms with E-state index in [1.165, 1.54) is 0 Å². The summed E-state index contributed by atoms with van der Waals surface area (Å²) in [6.45, 7) is 7.32. The first-order chi connectivity index (χ1) is 9.84. The van der Waals surface area contributed by atoms with Crippen LogP contribution in [0.4, 0.5) is 0 Å². The van der Waals surface area contributed by atoms with Gasteiger partial charge in [0.2, 0.25) is 0 Å². The van der Waals surface area contributed by atoms with Crippen molar-refractivity contribution in [3.05, 3.63) is 18.0 Å². The summed E-state index contributed by atoms with van der Waals surface area (Å²) in [5.41, 5.74) is 1.10. The topological polar surface area (TPSA) is 63.5 Å². The van der Waals surface area contributed by atoms with Gasteiger partial charge in [0.25, 0.3) is 0 Å². The molecule has 0 bridgehead atoms. The Bertz CT molecular complexity index is 522. The van der Waals surface area contributed by atoms with Crippen LogP contribution in [0, 0.1) is 5.41 Å². The van der Waals surface area contributed by atoms with Crippen LogP contribution in [0.3, 0.4) is 0 Å². The van der Waals surface area contributed by atoms with E-state index >= 15 is 0 Å². The summed E-state index contributed by atoms with van der Waals surface area (Å²) in [6, 6.07) is 2.34. The van der Waals surface area contributed by atoms with E-state index in [-0.39, 0.29) is 11.0 Å². The Balaban J connectivity index is 1.91. The van der Waals surface area contributed by atoms with Crippen molar-refractivity contribution in [3.8, 4) is 0 Å². The summed E-state index contributed by atoms with van der Waals surface area (Å²) in [7, 11) is 5.51. The van der Waals surface area contributed by atoms with Gasteiger partial charge in [0, 0.05) is 38.9 Å². The maximum Gasteiger partial charge on any atom is 0.191 e. The van der Waals surface area contributed by atoms with E-state index in [1.807, 2.05) is 17.8 Å². The lowest BCUT2D eigenvalue weighted by molar-refractivity contribution is -0.176. The summed E-state index contributed by atoms with van der Waals surface area (Å²) < 4.78 is 7.51. The highest BCUT2D eigenvalue weighted by Gasteiger charge is 2.58. The monoisotopic (exact) mass is 293 g/mol. The van der Waals surface area contributed by atoms with Crippen molar-refractivity contribution in [1.29, 1.82) is 0 Å². The maximum absolute atomic E-state index is 5.66. The van der Waals surface area contributed by atoms with E-state index in [2.05, 4.69) is 41.5 Å². The Morgan fingerprint density at radius 1 is 1.52 bits per heavy atom. The number of ether oxygens (including phenoxy) is 1. The lowest BCUT2D eigenvalue weighted by Gasteiger charge is -2.59. The largest absolute Gasteiger partial charge is 0.378 e. The van der Waals surface area contributed by atoms with E-state index in [0.29, 0.717) is 12.6 Å². The normalized spacial score (nSPS) is 28.1. The van der Waals surface area contributed by atoms with Crippen molar-refractivity contribution in [3.63, 3.8) is 0 Å². The van der Waals surface area contributed by atoms with Gasteiger partial charge in [0.15, 0.2) is 5.96 Å². The minimum Gasteiger partial charge on any atom is -0.378 e. The predicted molar refractivity (Wildman–Crippen MR) is 84.1 cm³/mol. The molecule has 1 saturated carbocycles. The summed E-state index contributed by atoms with van der Waals surface area (Å²) in [6.07, 6.45) is 2.77. The molecule has 1 aromatic heterocycles. The third-order valence-electron chi connectivity index (χ3n) is 5.17. The number of aromatic nitrogens is 2. The minimum absolute atomic E-state index is 0.0614. The predicted octanol–water partition coefficient (Wildman–Crippen LogP) is 1.29. The first-order valence-electron chi connectivity index (χ1n) is 7.33. The summed E-state index contributed by atoms with van der Waals surface area (Å²) in [5, 5.41) is 11.0. The molecule has 0 amide bonds. The fraction of sp³-hybridized carbons (Fsp3) is 0.733. The first-order valence-corrected chi connectivity index (χ1v) is 7.33. The van der Waals surface area contributed by atoms with E-state index in [9.17, 15) is 0 Å². The van der Waals surface area contributed by atoms with Crippen LogP contribution in [0.15, 0.2) is 17.3 Å². The van der Waals surface area contributed by atoms with Gasteiger partial charge in [-0.15, -0.1) is 0 Å². The number of methoxy groups -OCH3 is 1. The fourth-order valence-electron chi connectivity index (χ4n) is 2.83. The first kappa shape index (κ1) is 15.8. The van der Waals surface area contributed by atoms with Gasteiger partial charge in [-0.2, -0.15) is 5.10 Å². The second-order valence-corrected chi connectivity index (χ2v) is 6.43. The summed E-state index contributed by atoms with van der Waals surface area (Å²) >= 11 is 0. The van der Waals surface area contributed by atoms with Crippen LogP contribution < -0.4 is 10.6 Å². The third-order valence-corrected chi connectivity index (χ3v) is 5.17. The molecule has 2 rings (SSSR count). The van der Waals surface area contributed by atoms with Gasteiger partial charge in [-0.1, -0.05) is 13.8 Å². The number of guanidine groups is 1. The number of hydrogen-bond donors (Lipinski definition) is 2. The van der Waals surface area contributed by atoms with Gasteiger partial charge < -0.3 is 15.4 Å². The van der Waals surface area contributed by atoms with Crippen molar-refractivity contribution in [1.82, 2.24) is 20.4 Å². The molecule has 2 atom stereocenters. The molecule has 0 aliphatic heterocycles. The highest BCUT2D eigenvalue weighted by atomic mass is 16.5. The average Bonchev–Trinajstić information content (AvgIpc) is 2.87. The Kier molecular flexibility index (Phi) is 4.27. The van der Waals surface area contributed by atoms with Crippen LogP contribution in [0.1, 0.15) is 32.9 Å². The van der Waals surface area contributed by atoms with Crippen molar-refractivity contribution >= 4 is 5.96 Å². The second kappa shape index (κ2) is 5.67. The zero-order chi connectivity index (χ0) is 15.7. The van der Waals surface area contributed by atoms with E-state index in [1.54, 1.807) is 20.4 Å². The number of rotatable bonds is 4. The van der Waals surface area contributed by atoms with E-state index < -0.39 is 0 Å². The fourth-order valence-corrected chi connectivity index (χ4v) is 2.83. The molecule has 2 unspecified atom stereocenters. The molecule has 6 heteroatoms. The van der Waals surface area contributed by atoms with E-state index in [4.69, 9.17) is 4.74 Å². The molecule has 1 aliphatic rings. The molecule has 1 heterocycles. The molecule has 1 fully saturated rings. The Morgan fingerprint density at radius 2 is 2.24 bits per heavy atom. The van der Waals surface area contributed by atoms with Crippen LogP contribution in [0.25, 0.3) is 0 Å². The number of aliphatic imine (C=N–C) groups is 1. The summed E-state index contributed by atoms with van der Waals surface area (Å²) in [4.78, 5) is 4.30. The minimum atomic E-state index is -0.0778. The summed E-state index contributed by atoms with van der Waals surface area (Å²) in [5.74, 6) is 0.812. The van der Waals surface area contributed by atoms with Gasteiger partial charge >= 0.3 is 0 Å². The highest BCUT2D eigenvalue weighted by molar-refractivity contribution is 5.80. The number of hydrogen-bond acceptors (Lipinski definition) is 3. The van der Waals surface area contributed by atoms with Crippen LogP contribution in [-0.4, -0.2) is 41.5 Å². The Morgan fingerprint density at radius 3 is 2.71 bits per heavy atom. The molecule has 1 aliphatic carbocycles. The Labute approximate surface area is 127 Å². The van der Waals surface area contributed by atoms with Gasteiger partial charge in [0.05, 0.1) is 17.8 Å². The van der Waals surface area contributed by atoms with Gasteiger partial charge in [-0.25, -0.2) is 0 Å². The number of nitrogens with one attached hydrogen (secondary N) is 2.